The fraction of sp³-hybridized carbons (Fsp3) is 0.923. The molecule has 2 fully saturated rings. The molecule has 1 saturated carbocycles. The lowest BCUT2D eigenvalue weighted by atomic mass is 9.98. The van der Waals surface area contributed by atoms with E-state index >= 15 is 0 Å². The lowest BCUT2D eigenvalue weighted by molar-refractivity contribution is -0.148. The Morgan fingerprint density at radius 1 is 1.25 bits per heavy atom. The van der Waals surface area contributed by atoms with Gasteiger partial charge in [-0.3, -0.25) is 4.79 Å². The van der Waals surface area contributed by atoms with Crippen molar-refractivity contribution in [1.29, 1.82) is 0 Å². The maximum absolute atomic E-state index is 12.3. The van der Waals surface area contributed by atoms with Crippen LogP contribution in [0.25, 0.3) is 0 Å². The summed E-state index contributed by atoms with van der Waals surface area (Å²) in [6.07, 6.45) is -1.29. The zero-order valence-corrected chi connectivity index (χ0v) is 12.2. The highest BCUT2D eigenvalue weighted by Gasteiger charge is 2.34. The van der Waals surface area contributed by atoms with Crippen LogP contribution in [0.2, 0.25) is 0 Å². The van der Waals surface area contributed by atoms with Gasteiger partial charge in [-0.05, 0) is 38.1 Å². The summed E-state index contributed by atoms with van der Waals surface area (Å²) in [4.78, 5) is 13.7. The van der Waals surface area contributed by atoms with Crippen LogP contribution in [0, 0.1) is 11.8 Å². The Kier molecular flexibility index (Phi) is 6.58. The molecule has 0 bridgehead atoms. The molecule has 0 aromatic heterocycles. The zero-order chi connectivity index (χ0) is 13.9. The Morgan fingerprint density at radius 2 is 1.95 bits per heavy atom. The standard InChI is InChI=1S/C13H21F3N2O.ClH/c14-13(15,16)5-7-18(9-10-3-4-10)12(19)11-2-1-6-17-8-11;/h10-11,17H,1-9H2;1H. The molecule has 1 saturated heterocycles. The van der Waals surface area contributed by atoms with E-state index < -0.39 is 12.6 Å². The summed E-state index contributed by atoms with van der Waals surface area (Å²) in [5.74, 6) is 0.192. The molecule has 1 N–H and O–H groups in total. The summed E-state index contributed by atoms with van der Waals surface area (Å²) >= 11 is 0. The van der Waals surface area contributed by atoms with Crippen LogP contribution in [0.3, 0.4) is 0 Å². The average molecular weight is 315 g/mol. The maximum Gasteiger partial charge on any atom is 0.390 e. The van der Waals surface area contributed by atoms with E-state index in [1.165, 1.54) is 4.90 Å². The number of alkyl halides is 3. The lowest BCUT2D eigenvalue weighted by Gasteiger charge is -2.30. The van der Waals surface area contributed by atoms with Crippen molar-refractivity contribution >= 4 is 18.3 Å². The van der Waals surface area contributed by atoms with Crippen molar-refractivity contribution in [3.8, 4) is 0 Å². The molecular formula is C13H22ClF3N2O. The van der Waals surface area contributed by atoms with E-state index in [1.807, 2.05) is 0 Å². The number of hydrogen-bond acceptors (Lipinski definition) is 2. The van der Waals surface area contributed by atoms with Crippen LogP contribution in [-0.2, 0) is 4.79 Å². The molecule has 2 rings (SSSR count). The van der Waals surface area contributed by atoms with Crippen molar-refractivity contribution in [3.05, 3.63) is 0 Å². The molecule has 0 aromatic rings. The highest BCUT2D eigenvalue weighted by molar-refractivity contribution is 5.85. The minimum Gasteiger partial charge on any atom is -0.342 e. The molecule has 1 heterocycles. The Balaban J connectivity index is 0.00000200. The molecule has 118 valence electrons. The molecule has 0 aromatic carbocycles. The van der Waals surface area contributed by atoms with Gasteiger partial charge in [-0.1, -0.05) is 0 Å². The molecule has 1 amide bonds. The van der Waals surface area contributed by atoms with E-state index in [9.17, 15) is 18.0 Å². The van der Waals surface area contributed by atoms with Gasteiger partial charge in [0, 0.05) is 19.6 Å². The summed E-state index contributed by atoms with van der Waals surface area (Å²) in [5, 5.41) is 3.14. The lowest BCUT2D eigenvalue weighted by Crippen LogP contribution is -2.44. The fourth-order valence-electron chi connectivity index (χ4n) is 2.49. The number of nitrogens with zero attached hydrogens (tertiary/aromatic N) is 1. The first kappa shape index (κ1) is 17.6. The van der Waals surface area contributed by atoms with Crippen molar-refractivity contribution in [1.82, 2.24) is 10.2 Å². The third-order valence-corrected chi connectivity index (χ3v) is 3.80. The molecule has 0 spiro atoms. The first-order valence-electron chi connectivity index (χ1n) is 7.02. The van der Waals surface area contributed by atoms with Gasteiger partial charge < -0.3 is 10.2 Å². The first-order chi connectivity index (χ1) is 8.96. The second kappa shape index (κ2) is 7.50. The van der Waals surface area contributed by atoms with E-state index in [0.29, 0.717) is 19.0 Å². The van der Waals surface area contributed by atoms with Gasteiger partial charge >= 0.3 is 6.18 Å². The molecule has 1 atom stereocenters. The number of carbonyl (C=O) groups is 1. The molecule has 1 unspecified atom stereocenters. The zero-order valence-electron chi connectivity index (χ0n) is 11.4. The molecule has 2 aliphatic rings. The van der Waals surface area contributed by atoms with Crippen LogP contribution in [-0.4, -0.2) is 43.2 Å². The van der Waals surface area contributed by atoms with Gasteiger partial charge in [-0.2, -0.15) is 13.2 Å². The van der Waals surface area contributed by atoms with Crippen LogP contribution in [0.5, 0.6) is 0 Å². The average Bonchev–Trinajstić information content (AvgIpc) is 3.17. The summed E-state index contributed by atoms with van der Waals surface area (Å²) < 4.78 is 37.0. The van der Waals surface area contributed by atoms with Crippen LogP contribution in [0.15, 0.2) is 0 Å². The van der Waals surface area contributed by atoms with Crippen LogP contribution >= 0.6 is 12.4 Å². The van der Waals surface area contributed by atoms with Gasteiger partial charge in [0.1, 0.15) is 0 Å². The molecule has 1 aliphatic carbocycles. The number of amides is 1. The molecule has 0 radical (unpaired) electrons. The van der Waals surface area contributed by atoms with Crippen molar-refractivity contribution in [2.75, 3.05) is 26.2 Å². The summed E-state index contributed by atoms with van der Waals surface area (Å²) in [6.45, 7) is 1.82. The molecule has 7 heteroatoms. The molecule has 20 heavy (non-hydrogen) atoms. The second-order valence-corrected chi connectivity index (χ2v) is 5.64. The van der Waals surface area contributed by atoms with Crippen molar-refractivity contribution in [2.24, 2.45) is 11.8 Å². The van der Waals surface area contributed by atoms with Gasteiger partial charge in [0.15, 0.2) is 0 Å². The summed E-state index contributed by atoms with van der Waals surface area (Å²) in [5.41, 5.74) is 0. The predicted molar refractivity (Wildman–Crippen MR) is 72.8 cm³/mol. The largest absolute Gasteiger partial charge is 0.390 e. The number of hydrogen-bond donors (Lipinski definition) is 1. The quantitative estimate of drug-likeness (QED) is 0.846. The van der Waals surface area contributed by atoms with E-state index in [-0.39, 0.29) is 30.8 Å². The number of rotatable bonds is 5. The Labute approximate surface area is 123 Å². The molecular weight excluding hydrogens is 293 g/mol. The van der Waals surface area contributed by atoms with E-state index in [1.54, 1.807) is 0 Å². The summed E-state index contributed by atoms with van der Waals surface area (Å²) in [6, 6.07) is 0. The minimum atomic E-state index is -4.19. The minimum absolute atomic E-state index is 0. The monoisotopic (exact) mass is 314 g/mol. The fourth-order valence-corrected chi connectivity index (χ4v) is 2.49. The number of piperidine rings is 1. The van der Waals surface area contributed by atoms with Crippen molar-refractivity contribution in [3.63, 3.8) is 0 Å². The Hall–Kier alpha value is -0.490. The predicted octanol–water partition coefficient (Wildman–Crippen LogP) is 2.60. The second-order valence-electron chi connectivity index (χ2n) is 5.64. The Morgan fingerprint density at radius 3 is 2.45 bits per heavy atom. The van der Waals surface area contributed by atoms with Crippen molar-refractivity contribution in [2.45, 2.75) is 38.3 Å². The van der Waals surface area contributed by atoms with Gasteiger partial charge in [0.05, 0.1) is 12.3 Å². The van der Waals surface area contributed by atoms with E-state index in [4.69, 9.17) is 0 Å². The smallest absolute Gasteiger partial charge is 0.342 e. The number of nitrogens with one attached hydrogen (secondary N) is 1. The van der Waals surface area contributed by atoms with E-state index in [0.717, 1.165) is 32.2 Å². The van der Waals surface area contributed by atoms with Crippen LogP contribution in [0.1, 0.15) is 32.1 Å². The third-order valence-electron chi connectivity index (χ3n) is 3.80. The van der Waals surface area contributed by atoms with E-state index in [2.05, 4.69) is 5.32 Å². The topological polar surface area (TPSA) is 32.3 Å². The number of halogens is 4. The normalized spacial score (nSPS) is 23.1. The van der Waals surface area contributed by atoms with Crippen LogP contribution < -0.4 is 5.32 Å². The van der Waals surface area contributed by atoms with Gasteiger partial charge in [0.2, 0.25) is 5.91 Å². The highest BCUT2D eigenvalue weighted by atomic mass is 35.5. The maximum atomic E-state index is 12.3. The van der Waals surface area contributed by atoms with Crippen molar-refractivity contribution < 1.29 is 18.0 Å². The number of carbonyl (C=O) groups excluding carboxylic acids is 1. The van der Waals surface area contributed by atoms with Gasteiger partial charge in [-0.25, -0.2) is 0 Å². The van der Waals surface area contributed by atoms with Crippen LogP contribution in [0.4, 0.5) is 13.2 Å². The van der Waals surface area contributed by atoms with Gasteiger partial charge in [-0.15, -0.1) is 12.4 Å². The molecule has 1 aliphatic heterocycles. The molecule has 3 nitrogen and oxygen atoms in total. The SMILES string of the molecule is Cl.O=C(C1CCCNC1)N(CCC(F)(F)F)CC1CC1. The third kappa shape index (κ3) is 5.87. The highest BCUT2D eigenvalue weighted by Crippen LogP contribution is 2.31. The van der Waals surface area contributed by atoms with Gasteiger partial charge in [0.25, 0.3) is 0 Å². The Bertz CT molecular complexity index is 315. The first-order valence-corrected chi connectivity index (χ1v) is 7.02. The summed E-state index contributed by atoms with van der Waals surface area (Å²) in [7, 11) is 0.